The van der Waals surface area contributed by atoms with E-state index < -0.39 is 26.4 Å². The van der Waals surface area contributed by atoms with Gasteiger partial charge >= 0.3 is 0 Å². The number of aliphatic imine (C=N–C) groups is 1. The van der Waals surface area contributed by atoms with Crippen molar-refractivity contribution in [1.29, 1.82) is 0 Å². The van der Waals surface area contributed by atoms with Crippen molar-refractivity contribution in [3.05, 3.63) is 34.1 Å². The molecule has 1 aliphatic carbocycles. The Labute approximate surface area is 125 Å². The van der Waals surface area contributed by atoms with Crippen molar-refractivity contribution in [2.45, 2.75) is 30.1 Å². The lowest BCUT2D eigenvalue weighted by molar-refractivity contribution is 0.407. The molecule has 0 radical (unpaired) electrons. The van der Waals surface area contributed by atoms with Crippen LogP contribution in [0.15, 0.2) is 27.7 Å². The zero-order valence-corrected chi connectivity index (χ0v) is 13.0. The molecule has 1 aromatic carbocycles. The molecule has 1 aromatic rings. The normalized spacial score (nSPS) is 26.9. The Hall–Kier alpha value is -0.950. The first kappa shape index (κ1) is 14.0. The molecule has 1 heterocycles. The molecule has 0 bridgehead atoms. The van der Waals surface area contributed by atoms with Crippen LogP contribution < -0.4 is 5.73 Å². The standard InChI is InChI=1S/C13H14BrFN2O2S/c14-8-2-3-10(15)9(6-8)11-7-20(18,19)13(4-1-5-13)12(16)17-11/h2-3,6,11H,1,4-5,7H2,(H2,16,17). The fourth-order valence-corrected chi connectivity index (χ4v) is 5.49. The van der Waals surface area contributed by atoms with E-state index in [2.05, 4.69) is 20.9 Å². The molecule has 1 atom stereocenters. The minimum Gasteiger partial charge on any atom is -0.386 e. The molecule has 4 nitrogen and oxygen atoms in total. The second kappa shape index (κ2) is 4.53. The topological polar surface area (TPSA) is 72.5 Å². The molecule has 7 heteroatoms. The lowest BCUT2D eigenvalue weighted by Crippen LogP contribution is -2.59. The number of halogens is 2. The maximum atomic E-state index is 13.9. The monoisotopic (exact) mass is 360 g/mol. The lowest BCUT2D eigenvalue weighted by Gasteiger charge is -2.43. The number of hydrogen-bond donors (Lipinski definition) is 1. The first-order chi connectivity index (χ1) is 9.36. The number of nitrogens with two attached hydrogens (primary N) is 1. The van der Waals surface area contributed by atoms with E-state index in [9.17, 15) is 12.8 Å². The molecule has 0 amide bonds. The predicted octanol–water partition coefficient (Wildman–Crippen LogP) is 2.34. The van der Waals surface area contributed by atoms with Gasteiger partial charge in [-0.15, -0.1) is 0 Å². The van der Waals surface area contributed by atoms with E-state index in [0.717, 1.165) is 6.42 Å². The molecule has 0 saturated heterocycles. The highest BCUT2D eigenvalue weighted by molar-refractivity contribution is 9.10. The fraction of sp³-hybridized carbons (Fsp3) is 0.462. The van der Waals surface area contributed by atoms with Crippen LogP contribution in [0.4, 0.5) is 4.39 Å². The Morgan fingerprint density at radius 3 is 2.65 bits per heavy atom. The fourth-order valence-electron chi connectivity index (χ4n) is 2.84. The summed E-state index contributed by atoms with van der Waals surface area (Å²) in [5, 5.41) is 0. The summed E-state index contributed by atoms with van der Waals surface area (Å²) in [6, 6.07) is 3.66. The highest BCUT2D eigenvalue weighted by Gasteiger charge is 2.55. The van der Waals surface area contributed by atoms with Crippen molar-refractivity contribution in [3.8, 4) is 0 Å². The SMILES string of the molecule is NC1=NC(c2cc(Br)ccc2F)CS(=O)(=O)C12CCC2. The van der Waals surface area contributed by atoms with E-state index in [4.69, 9.17) is 5.73 Å². The second-order valence-corrected chi connectivity index (χ2v) is 8.59. The van der Waals surface area contributed by atoms with Gasteiger partial charge < -0.3 is 5.73 Å². The van der Waals surface area contributed by atoms with Crippen molar-refractivity contribution in [2.24, 2.45) is 10.7 Å². The molecular formula is C13H14BrFN2O2S. The largest absolute Gasteiger partial charge is 0.386 e. The van der Waals surface area contributed by atoms with Crippen LogP contribution in [-0.2, 0) is 9.84 Å². The zero-order chi connectivity index (χ0) is 14.5. The van der Waals surface area contributed by atoms with Gasteiger partial charge in [0.05, 0.1) is 11.8 Å². The highest BCUT2D eigenvalue weighted by atomic mass is 79.9. The van der Waals surface area contributed by atoms with Crippen LogP contribution in [0.25, 0.3) is 0 Å². The van der Waals surface area contributed by atoms with Crippen LogP contribution in [0.2, 0.25) is 0 Å². The molecule has 1 saturated carbocycles. The van der Waals surface area contributed by atoms with Gasteiger partial charge in [-0.05, 0) is 37.5 Å². The summed E-state index contributed by atoms with van der Waals surface area (Å²) < 4.78 is 38.6. The van der Waals surface area contributed by atoms with Crippen molar-refractivity contribution >= 4 is 31.6 Å². The summed E-state index contributed by atoms with van der Waals surface area (Å²) in [6.07, 6.45) is 1.89. The van der Waals surface area contributed by atoms with Gasteiger partial charge in [-0.25, -0.2) is 12.8 Å². The highest BCUT2D eigenvalue weighted by Crippen LogP contribution is 2.45. The third-order valence-corrected chi connectivity index (χ3v) is 7.27. The molecule has 1 fully saturated rings. The van der Waals surface area contributed by atoms with Crippen molar-refractivity contribution in [2.75, 3.05) is 5.75 Å². The molecule has 2 aliphatic rings. The molecule has 1 spiro atoms. The van der Waals surface area contributed by atoms with E-state index in [0.29, 0.717) is 17.3 Å². The summed E-state index contributed by atoms with van der Waals surface area (Å²) in [4.78, 5) is 4.28. The summed E-state index contributed by atoms with van der Waals surface area (Å²) in [7, 11) is -3.40. The summed E-state index contributed by atoms with van der Waals surface area (Å²) in [5.74, 6) is -0.505. The number of benzene rings is 1. The van der Waals surface area contributed by atoms with Gasteiger partial charge in [-0.2, -0.15) is 0 Å². The summed E-state index contributed by atoms with van der Waals surface area (Å²) in [5.41, 5.74) is 6.17. The zero-order valence-electron chi connectivity index (χ0n) is 10.6. The third kappa shape index (κ3) is 1.90. The van der Waals surface area contributed by atoms with Crippen molar-refractivity contribution in [3.63, 3.8) is 0 Å². The molecule has 3 rings (SSSR count). The van der Waals surface area contributed by atoms with Crippen LogP contribution in [-0.4, -0.2) is 24.8 Å². The van der Waals surface area contributed by atoms with E-state index >= 15 is 0 Å². The van der Waals surface area contributed by atoms with Gasteiger partial charge in [-0.3, -0.25) is 4.99 Å². The average molecular weight is 361 g/mol. The Morgan fingerprint density at radius 1 is 1.40 bits per heavy atom. The first-order valence-electron chi connectivity index (χ1n) is 6.37. The van der Waals surface area contributed by atoms with Crippen molar-refractivity contribution in [1.82, 2.24) is 0 Å². The van der Waals surface area contributed by atoms with Crippen LogP contribution in [0, 0.1) is 5.82 Å². The van der Waals surface area contributed by atoms with Crippen LogP contribution in [0.1, 0.15) is 30.9 Å². The third-order valence-electron chi connectivity index (χ3n) is 4.21. The lowest BCUT2D eigenvalue weighted by atomic mass is 9.83. The molecule has 1 aliphatic heterocycles. The minimum absolute atomic E-state index is 0.138. The number of hydrogen-bond acceptors (Lipinski definition) is 4. The van der Waals surface area contributed by atoms with E-state index in [1.807, 2.05) is 0 Å². The van der Waals surface area contributed by atoms with Gasteiger partial charge in [0.2, 0.25) is 0 Å². The Kier molecular flexibility index (Phi) is 3.17. The van der Waals surface area contributed by atoms with Crippen LogP contribution in [0.5, 0.6) is 0 Å². The molecule has 20 heavy (non-hydrogen) atoms. The summed E-state index contributed by atoms with van der Waals surface area (Å²) in [6.45, 7) is 0. The number of rotatable bonds is 1. The van der Waals surface area contributed by atoms with Gasteiger partial charge in [0, 0.05) is 10.0 Å². The van der Waals surface area contributed by atoms with Crippen LogP contribution >= 0.6 is 15.9 Å². The van der Waals surface area contributed by atoms with E-state index in [-0.39, 0.29) is 17.2 Å². The van der Waals surface area contributed by atoms with E-state index in [1.54, 1.807) is 12.1 Å². The molecule has 1 unspecified atom stereocenters. The Balaban J connectivity index is 2.08. The summed E-state index contributed by atoms with van der Waals surface area (Å²) >= 11 is 3.26. The van der Waals surface area contributed by atoms with Crippen molar-refractivity contribution < 1.29 is 12.8 Å². The Bertz CT molecular complexity index is 698. The second-order valence-electron chi connectivity index (χ2n) is 5.33. The number of amidine groups is 1. The molecule has 0 aromatic heterocycles. The average Bonchev–Trinajstić information content (AvgIpc) is 2.28. The smallest absolute Gasteiger partial charge is 0.165 e. The maximum absolute atomic E-state index is 13.9. The van der Waals surface area contributed by atoms with E-state index in [1.165, 1.54) is 6.07 Å². The van der Waals surface area contributed by atoms with Crippen LogP contribution in [0.3, 0.4) is 0 Å². The molecule has 108 valence electrons. The van der Waals surface area contributed by atoms with Gasteiger partial charge in [-0.1, -0.05) is 15.9 Å². The molecule has 2 N–H and O–H groups in total. The molecular weight excluding hydrogens is 347 g/mol. The number of sulfone groups is 1. The minimum atomic E-state index is -3.40. The Morgan fingerprint density at radius 2 is 2.10 bits per heavy atom. The van der Waals surface area contributed by atoms with Gasteiger partial charge in [0.1, 0.15) is 16.4 Å². The van der Waals surface area contributed by atoms with Gasteiger partial charge in [0.25, 0.3) is 0 Å². The number of nitrogens with zero attached hydrogens (tertiary/aromatic N) is 1. The maximum Gasteiger partial charge on any atom is 0.165 e. The quantitative estimate of drug-likeness (QED) is 0.835. The first-order valence-corrected chi connectivity index (χ1v) is 8.81. The predicted molar refractivity (Wildman–Crippen MR) is 78.8 cm³/mol. The van der Waals surface area contributed by atoms with Gasteiger partial charge in [0.15, 0.2) is 9.84 Å².